The molecule has 2 aromatic carbocycles. The maximum absolute atomic E-state index is 12.5. The Balaban J connectivity index is 1.28. The van der Waals surface area contributed by atoms with E-state index in [0.717, 1.165) is 13.0 Å². The largest absolute Gasteiger partial charge is 0.486 e. The Labute approximate surface area is 158 Å². The number of ether oxygens (including phenoxy) is 2. The minimum Gasteiger partial charge on any atom is -0.486 e. The lowest BCUT2D eigenvalue weighted by molar-refractivity contribution is -0.132. The molecule has 5 nitrogen and oxygen atoms in total. The highest BCUT2D eigenvalue weighted by molar-refractivity contribution is 5.96. The zero-order valence-corrected chi connectivity index (χ0v) is 15.3. The van der Waals surface area contributed by atoms with Gasteiger partial charge in [0.1, 0.15) is 13.2 Å². The number of ketones is 1. The highest BCUT2D eigenvalue weighted by Crippen LogP contribution is 2.31. The van der Waals surface area contributed by atoms with Gasteiger partial charge >= 0.3 is 0 Å². The molecule has 0 spiro atoms. The lowest BCUT2D eigenvalue weighted by atomic mass is 9.99. The summed E-state index contributed by atoms with van der Waals surface area (Å²) in [5.41, 5.74) is 3.17. The summed E-state index contributed by atoms with van der Waals surface area (Å²) in [6, 6.07) is 13.5. The topological polar surface area (TPSA) is 55.8 Å². The van der Waals surface area contributed by atoms with Gasteiger partial charge in [0.2, 0.25) is 5.91 Å². The average molecular weight is 365 g/mol. The maximum Gasteiger partial charge on any atom is 0.222 e. The molecule has 2 heterocycles. The minimum absolute atomic E-state index is 0.0313. The molecule has 140 valence electrons. The van der Waals surface area contributed by atoms with Gasteiger partial charge in [-0.3, -0.25) is 9.59 Å². The van der Waals surface area contributed by atoms with Crippen LogP contribution in [0.2, 0.25) is 0 Å². The van der Waals surface area contributed by atoms with E-state index < -0.39 is 0 Å². The smallest absolute Gasteiger partial charge is 0.222 e. The minimum atomic E-state index is 0.0313. The molecule has 0 saturated heterocycles. The molecule has 1 amide bonds. The van der Waals surface area contributed by atoms with Crippen LogP contribution in [0.15, 0.2) is 42.5 Å². The Hall–Kier alpha value is -2.82. The van der Waals surface area contributed by atoms with E-state index in [1.807, 2.05) is 17.0 Å². The van der Waals surface area contributed by atoms with Crippen LogP contribution in [0.1, 0.15) is 40.7 Å². The summed E-state index contributed by atoms with van der Waals surface area (Å²) in [7, 11) is 0. The standard InChI is InChI=1S/C22H23NO4/c24-19(17-8-9-20-21(14-17)27-13-12-26-20)6-3-7-22(25)23-11-10-16-4-1-2-5-18(16)15-23/h1-2,4-5,8-9,14H,3,6-7,10-13,15H2. The number of nitrogens with zero attached hydrogens (tertiary/aromatic N) is 1. The van der Waals surface area contributed by atoms with E-state index in [9.17, 15) is 9.59 Å². The molecule has 5 heteroatoms. The van der Waals surface area contributed by atoms with Gasteiger partial charge in [-0.15, -0.1) is 0 Å². The fourth-order valence-electron chi connectivity index (χ4n) is 3.63. The van der Waals surface area contributed by atoms with Crippen molar-refractivity contribution in [1.29, 1.82) is 0 Å². The number of carbonyl (C=O) groups is 2. The molecule has 0 aliphatic carbocycles. The Kier molecular flexibility index (Phi) is 5.10. The number of hydrogen-bond acceptors (Lipinski definition) is 4. The fraction of sp³-hybridized carbons (Fsp3) is 0.364. The average Bonchev–Trinajstić information content (AvgIpc) is 2.72. The van der Waals surface area contributed by atoms with Crippen molar-refractivity contribution in [2.75, 3.05) is 19.8 Å². The highest BCUT2D eigenvalue weighted by atomic mass is 16.6. The second-order valence-corrected chi connectivity index (χ2v) is 6.97. The molecule has 27 heavy (non-hydrogen) atoms. The summed E-state index contributed by atoms with van der Waals surface area (Å²) >= 11 is 0. The first-order chi connectivity index (χ1) is 13.2. The van der Waals surface area contributed by atoms with Crippen LogP contribution in [0.5, 0.6) is 11.5 Å². The van der Waals surface area contributed by atoms with Gasteiger partial charge in [-0.05, 0) is 42.2 Å². The Morgan fingerprint density at radius 3 is 2.56 bits per heavy atom. The van der Waals surface area contributed by atoms with Crippen molar-refractivity contribution in [3.8, 4) is 11.5 Å². The zero-order valence-electron chi connectivity index (χ0n) is 15.3. The normalized spacial score (nSPS) is 15.2. The van der Waals surface area contributed by atoms with Gasteiger partial charge in [-0.2, -0.15) is 0 Å². The molecule has 0 fully saturated rings. The summed E-state index contributed by atoms with van der Waals surface area (Å²) < 4.78 is 11.0. The summed E-state index contributed by atoms with van der Waals surface area (Å²) in [5, 5.41) is 0. The van der Waals surface area contributed by atoms with Gasteiger partial charge < -0.3 is 14.4 Å². The first-order valence-corrected chi connectivity index (χ1v) is 9.48. The van der Waals surface area contributed by atoms with Gasteiger partial charge in [0, 0.05) is 31.5 Å². The van der Waals surface area contributed by atoms with Crippen molar-refractivity contribution in [2.45, 2.75) is 32.2 Å². The van der Waals surface area contributed by atoms with Crippen molar-refractivity contribution >= 4 is 11.7 Å². The lowest BCUT2D eigenvalue weighted by Gasteiger charge is -2.29. The van der Waals surface area contributed by atoms with Gasteiger partial charge in [0.05, 0.1) is 0 Å². The van der Waals surface area contributed by atoms with Crippen molar-refractivity contribution < 1.29 is 19.1 Å². The number of hydrogen-bond donors (Lipinski definition) is 0. The summed E-state index contributed by atoms with van der Waals surface area (Å²) in [6.45, 7) is 2.46. The summed E-state index contributed by atoms with van der Waals surface area (Å²) in [4.78, 5) is 26.8. The second-order valence-electron chi connectivity index (χ2n) is 6.97. The van der Waals surface area contributed by atoms with Crippen LogP contribution in [0.4, 0.5) is 0 Å². The van der Waals surface area contributed by atoms with E-state index in [4.69, 9.17) is 9.47 Å². The number of rotatable bonds is 5. The monoisotopic (exact) mass is 365 g/mol. The van der Waals surface area contributed by atoms with Crippen LogP contribution < -0.4 is 9.47 Å². The van der Waals surface area contributed by atoms with Crippen LogP contribution in [-0.4, -0.2) is 36.3 Å². The van der Waals surface area contributed by atoms with Crippen LogP contribution in [0.25, 0.3) is 0 Å². The summed E-state index contributed by atoms with van der Waals surface area (Å²) in [5.74, 6) is 1.46. The Morgan fingerprint density at radius 2 is 1.70 bits per heavy atom. The maximum atomic E-state index is 12.5. The van der Waals surface area contributed by atoms with Crippen molar-refractivity contribution in [3.05, 3.63) is 59.2 Å². The molecule has 4 rings (SSSR count). The fourth-order valence-corrected chi connectivity index (χ4v) is 3.63. The molecular formula is C22H23NO4. The molecule has 0 unspecified atom stereocenters. The second kappa shape index (κ2) is 7.82. The van der Waals surface area contributed by atoms with E-state index in [1.54, 1.807) is 18.2 Å². The molecule has 2 aliphatic heterocycles. The van der Waals surface area contributed by atoms with Crippen LogP contribution in [0, 0.1) is 0 Å². The Bertz CT molecular complexity index is 861. The molecule has 0 radical (unpaired) electrons. The predicted molar refractivity (Wildman–Crippen MR) is 101 cm³/mol. The van der Waals surface area contributed by atoms with Crippen LogP contribution in [-0.2, 0) is 17.8 Å². The molecule has 0 aromatic heterocycles. The first kappa shape index (κ1) is 17.6. The predicted octanol–water partition coefficient (Wildman–Crippen LogP) is 3.40. The SMILES string of the molecule is O=C(CCCC(=O)N1CCc2ccccc2C1)c1ccc2c(c1)OCCO2. The number of carbonyl (C=O) groups excluding carboxylic acids is 2. The van der Waals surface area contributed by atoms with Crippen molar-refractivity contribution in [1.82, 2.24) is 4.90 Å². The molecule has 2 aromatic rings. The quantitative estimate of drug-likeness (QED) is 0.762. The number of fused-ring (bicyclic) bond motifs is 2. The van der Waals surface area contributed by atoms with E-state index in [-0.39, 0.29) is 11.7 Å². The number of amides is 1. The molecular weight excluding hydrogens is 342 g/mol. The molecule has 2 aliphatic rings. The Morgan fingerprint density at radius 1 is 0.926 bits per heavy atom. The van der Waals surface area contributed by atoms with Gasteiger partial charge in [0.25, 0.3) is 0 Å². The third-order valence-electron chi connectivity index (χ3n) is 5.14. The third-order valence-corrected chi connectivity index (χ3v) is 5.14. The van der Waals surface area contributed by atoms with Gasteiger partial charge in [0.15, 0.2) is 17.3 Å². The number of Topliss-reactive ketones (excluding diaryl/α,β-unsaturated/α-hetero) is 1. The first-order valence-electron chi connectivity index (χ1n) is 9.48. The zero-order chi connectivity index (χ0) is 18.6. The van der Waals surface area contributed by atoms with Crippen molar-refractivity contribution in [2.24, 2.45) is 0 Å². The number of benzene rings is 2. The van der Waals surface area contributed by atoms with E-state index in [1.165, 1.54) is 11.1 Å². The van der Waals surface area contributed by atoms with Crippen LogP contribution >= 0.6 is 0 Å². The van der Waals surface area contributed by atoms with Crippen molar-refractivity contribution in [3.63, 3.8) is 0 Å². The van der Waals surface area contributed by atoms with Gasteiger partial charge in [-0.25, -0.2) is 0 Å². The molecule has 0 N–H and O–H groups in total. The molecule has 0 atom stereocenters. The van der Waals surface area contributed by atoms with E-state index in [0.29, 0.717) is 56.1 Å². The summed E-state index contributed by atoms with van der Waals surface area (Å²) in [6.07, 6.45) is 2.22. The highest BCUT2D eigenvalue weighted by Gasteiger charge is 2.20. The third kappa shape index (κ3) is 3.97. The van der Waals surface area contributed by atoms with E-state index in [2.05, 4.69) is 12.1 Å². The molecule has 0 bridgehead atoms. The van der Waals surface area contributed by atoms with E-state index >= 15 is 0 Å². The van der Waals surface area contributed by atoms with Crippen LogP contribution in [0.3, 0.4) is 0 Å². The lowest BCUT2D eigenvalue weighted by Crippen LogP contribution is -2.35. The van der Waals surface area contributed by atoms with Gasteiger partial charge in [-0.1, -0.05) is 24.3 Å². The molecule has 0 saturated carbocycles.